The average molecular weight is 387 g/mol. The minimum Gasteiger partial charge on any atom is -0.368 e. The summed E-state index contributed by atoms with van der Waals surface area (Å²) in [4.78, 5) is 25.7. The molecule has 6 heteroatoms. The van der Waals surface area contributed by atoms with Crippen LogP contribution in [0.4, 0.5) is 17.3 Å². The van der Waals surface area contributed by atoms with Crippen LogP contribution in [0.3, 0.4) is 0 Å². The van der Waals surface area contributed by atoms with Crippen molar-refractivity contribution in [1.82, 2.24) is 9.97 Å². The number of nitrogens with zero attached hydrogens (tertiary/aromatic N) is 4. The Balaban J connectivity index is 1.36. The third kappa shape index (κ3) is 4.71. The van der Waals surface area contributed by atoms with Crippen LogP contribution in [0.1, 0.15) is 11.1 Å². The van der Waals surface area contributed by atoms with Gasteiger partial charge in [-0.3, -0.25) is 4.79 Å². The summed E-state index contributed by atoms with van der Waals surface area (Å²) in [7, 11) is 0. The highest BCUT2D eigenvalue weighted by Gasteiger charge is 2.19. The quantitative estimate of drug-likeness (QED) is 0.728. The first-order valence-corrected chi connectivity index (χ1v) is 9.90. The average Bonchev–Trinajstić information content (AvgIpc) is 2.76. The smallest absolute Gasteiger partial charge is 0.229 e. The van der Waals surface area contributed by atoms with Gasteiger partial charge in [-0.25, -0.2) is 9.97 Å². The molecule has 2 aromatic carbocycles. The lowest BCUT2D eigenvalue weighted by molar-refractivity contribution is -0.115. The zero-order valence-corrected chi connectivity index (χ0v) is 16.6. The predicted octanol–water partition coefficient (Wildman–Crippen LogP) is 3.29. The van der Waals surface area contributed by atoms with E-state index in [9.17, 15) is 4.79 Å². The number of piperazine rings is 1. The number of rotatable bonds is 5. The van der Waals surface area contributed by atoms with Gasteiger partial charge in [-0.1, -0.05) is 42.5 Å². The fourth-order valence-corrected chi connectivity index (χ4v) is 3.59. The van der Waals surface area contributed by atoms with Crippen molar-refractivity contribution in [3.63, 3.8) is 0 Å². The van der Waals surface area contributed by atoms with Crippen LogP contribution in [-0.2, 0) is 11.2 Å². The number of carbonyl (C=O) groups is 1. The number of hydrogen-bond donors (Lipinski definition) is 1. The van der Waals surface area contributed by atoms with Gasteiger partial charge in [0, 0.05) is 37.9 Å². The third-order valence-corrected chi connectivity index (χ3v) is 5.26. The molecule has 0 aliphatic carbocycles. The van der Waals surface area contributed by atoms with Crippen molar-refractivity contribution in [1.29, 1.82) is 0 Å². The molecule has 6 nitrogen and oxygen atoms in total. The van der Waals surface area contributed by atoms with Gasteiger partial charge in [-0.05, 0) is 30.2 Å². The van der Waals surface area contributed by atoms with E-state index in [2.05, 4.69) is 49.4 Å². The number of aryl methyl sites for hydroxylation is 1. The molecule has 148 valence electrons. The van der Waals surface area contributed by atoms with Crippen molar-refractivity contribution in [2.24, 2.45) is 0 Å². The van der Waals surface area contributed by atoms with E-state index in [0.29, 0.717) is 12.2 Å². The summed E-state index contributed by atoms with van der Waals surface area (Å²) in [6.45, 7) is 5.64. The standard InChI is InChI=1S/C23H25N5O/c1-18-7-5-6-8-19(18)15-23(29)26-21-16-22(25-17-24-21)28-13-11-27(12-14-28)20-9-3-2-4-10-20/h2-10,16-17H,11-15H2,1H3,(H,24,25,26,29). The third-order valence-electron chi connectivity index (χ3n) is 5.26. The Bertz CT molecular complexity index is 968. The van der Waals surface area contributed by atoms with Gasteiger partial charge < -0.3 is 15.1 Å². The maximum Gasteiger partial charge on any atom is 0.229 e. The SMILES string of the molecule is Cc1ccccc1CC(=O)Nc1cc(N2CCN(c3ccccc3)CC2)ncn1. The molecule has 1 fully saturated rings. The number of benzene rings is 2. The zero-order chi connectivity index (χ0) is 20.1. The fourth-order valence-electron chi connectivity index (χ4n) is 3.59. The van der Waals surface area contributed by atoms with Gasteiger partial charge in [-0.15, -0.1) is 0 Å². The maximum atomic E-state index is 12.4. The minimum absolute atomic E-state index is 0.0714. The summed E-state index contributed by atoms with van der Waals surface area (Å²) >= 11 is 0. The first-order chi connectivity index (χ1) is 14.2. The number of amides is 1. The highest BCUT2D eigenvalue weighted by molar-refractivity contribution is 5.91. The van der Waals surface area contributed by atoms with Gasteiger partial charge in [0.05, 0.1) is 6.42 Å². The van der Waals surface area contributed by atoms with E-state index >= 15 is 0 Å². The Kier molecular flexibility index (Phi) is 5.70. The molecular weight excluding hydrogens is 362 g/mol. The molecule has 1 N–H and O–H groups in total. The molecule has 1 aromatic heterocycles. The predicted molar refractivity (Wildman–Crippen MR) is 116 cm³/mol. The molecule has 1 saturated heterocycles. The van der Waals surface area contributed by atoms with E-state index in [1.54, 1.807) is 0 Å². The topological polar surface area (TPSA) is 61.4 Å². The molecule has 4 rings (SSSR count). The second-order valence-electron chi connectivity index (χ2n) is 7.22. The van der Waals surface area contributed by atoms with Crippen LogP contribution in [0.5, 0.6) is 0 Å². The van der Waals surface area contributed by atoms with Crippen molar-refractivity contribution in [3.05, 3.63) is 78.1 Å². The summed E-state index contributed by atoms with van der Waals surface area (Å²) in [6, 6.07) is 20.2. The lowest BCUT2D eigenvalue weighted by Crippen LogP contribution is -2.46. The van der Waals surface area contributed by atoms with Crippen molar-refractivity contribution in [2.75, 3.05) is 41.3 Å². The molecule has 1 aliphatic rings. The van der Waals surface area contributed by atoms with E-state index in [1.807, 2.05) is 43.3 Å². The van der Waals surface area contributed by atoms with E-state index in [-0.39, 0.29) is 5.91 Å². The lowest BCUT2D eigenvalue weighted by atomic mass is 10.1. The molecular formula is C23H25N5O. The summed E-state index contributed by atoms with van der Waals surface area (Å²) < 4.78 is 0. The Labute approximate surface area is 171 Å². The summed E-state index contributed by atoms with van der Waals surface area (Å²) in [5.74, 6) is 1.32. The molecule has 0 atom stereocenters. The number of aromatic nitrogens is 2. The largest absolute Gasteiger partial charge is 0.368 e. The van der Waals surface area contributed by atoms with Gasteiger partial charge in [0.2, 0.25) is 5.91 Å². The fraction of sp³-hybridized carbons (Fsp3) is 0.261. The van der Waals surface area contributed by atoms with Gasteiger partial charge in [0.1, 0.15) is 18.0 Å². The number of para-hydroxylation sites is 1. The first-order valence-electron chi connectivity index (χ1n) is 9.90. The van der Waals surface area contributed by atoms with Crippen LogP contribution in [0.15, 0.2) is 67.0 Å². The summed E-state index contributed by atoms with van der Waals surface area (Å²) in [6.07, 6.45) is 1.85. The van der Waals surface area contributed by atoms with E-state index < -0.39 is 0 Å². The van der Waals surface area contributed by atoms with Gasteiger partial charge in [0.15, 0.2) is 0 Å². The molecule has 0 radical (unpaired) electrons. The highest BCUT2D eigenvalue weighted by Crippen LogP contribution is 2.20. The minimum atomic E-state index is -0.0714. The van der Waals surface area contributed by atoms with Crippen LogP contribution < -0.4 is 15.1 Å². The van der Waals surface area contributed by atoms with E-state index in [1.165, 1.54) is 12.0 Å². The Morgan fingerprint density at radius 2 is 1.62 bits per heavy atom. The highest BCUT2D eigenvalue weighted by atomic mass is 16.1. The van der Waals surface area contributed by atoms with Crippen LogP contribution in [0.25, 0.3) is 0 Å². The molecule has 3 aromatic rings. The molecule has 0 bridgehead atoms. The van der Waals surface area contributed by atoms with Crippen LogP contribution in [0, 0.1) is 6.92 Å². The Morgan fingerprint density at radius 3 is 2.38 bits per heavy atom. The molecule has 0 saturated carbocycles. The van der Waals surface area contributed by atoms with E-state index in [4.69, 9.17) is 0 Å². The summed E-state index contributed by atoms with van der Waals surface area (Å²) in [5.41, 5.74) is 3.39. The van der Waals surface area contributed by atoms with Gasteiger partial charge in [-0.2, -0.15) is 0 Å². The normalized spacial score (nSPS) is 14.0. The number of hydrogen-bond acceptors (Lipinski definition) is 5. The van der Waals surface area contributed by atoms with Crippen molar-refractivity contribution in [3.8, 4) is 0 Å². The maximum absolute atomic E-state index is 12.4. The van der Waals surface area contributed by atoms with Crippen LogP contribution >= 0.6 is 0 Å². The Morgan fingerprint density at radius 1 is 0.931 bits per heavy atom. The number of carbonyl (C=O) groups excluding carboxylic acids is 1. The number of nitrogens with one attached hydrogen (secondary N) is 1. The van der Waals surface area contributed by atoms with Crippen LogP contribution in [0.2, 0.25) is 0 Å². The van der Waals surface area contributed by atoms with E-state index in [0.717, 1.165) is 43.1 Å². The van der Waals surface area contributed by atoms with Gasteiger partial charge in [0.25, 0.3) is 0 Å². The Hall–Kier alpha value is -3.41. The molecule has 0 spiro atoms. The molecule has 29 heavy (non-hydrogen) atoms. The second-order valence-corrected chi connectivity index (χ2v) is 7.22. The molecule has 1 aliphatic heterocycles. The monoisotopic (exact) mass is 387 g/mol. The van der Waals surface area contributed by atoms with Crippen LogP contribution in [-0.4, -0.2) is 42.1 Å². The number of anilines is 3. The lowest BCUT2D eigenvalue weighted by Gasteiger charge is -2.36. The zero-order valence-electron chi connectivity index (χ0n) is 16.6. The molecule has 1 amide bonds. The van der Waals surface area contributed by atoms with Gasteiger partial charge >= 0.3 is 0 Å². The second kappa shape index (κ2) is 8.73. The summed E-state index contributed by atoms with van der Waals surface area (Å²) in [5, 5.41) is 2.90. The van der Waals surface area contributed by atoms with Crippen molar-refractivity contribution >= 4 is 23.2 Å². The van der Waals surface area contributed by atoms with Crippen molar-refractivity contribution in [2.45, 2.75) is 13.3 Å². The van der Waals surface area contributed by atoms with Crippen molar-refractivity contribution < 1.29 is 4.79 Å². The first kappa shape index (κ1) is 18.9. The molecule has 0 unspecified atom stereocenters. The molecule has 2 heterocycles.